The van der Waals surface area contributed by atoms with E-state index in [2.05, 4.69) is 20.6 Å². The number of nitrogens with one attached hydrogen (secondary N) is 2. The lowest BCUT2D eigenvalue weighted by molar-refractivity contribution is 0.0210. The molecule has 0 radical (unpaired) electrons. The molecule has 9 heteroatoms. The summed E-state index contributed by atoms with van der Waals surface area (Å²) in [6.07, 6.45) is 2.74. The number of likely N-dealkylation sites (tertiary alicyclic amines) is 1. The Morgan fingerprint density at radius 2 is 1.90 bits per heavy atom. The highest BCUT2D eigenvalue weighted by Crippen LogP contribution is 2.23. The highest BCUT2D eigenvalue weighted by Gasteiger charge is 2.27. The van der Waals surface area contributed by atoms with Crippen LogP contribution in [0.3, 0.4) is 0 Å². The van der Waals surface area contributed by atoms with Crippen LogP contribution in [0.25, 0.3) is 0 Å². The number of piperidine rings is 1. The summed E-state index contributed by atoms with van der Waals surface area (Å²) >= 11 is 0. The van der Waals surface area contributed by atoms with Crippen LogP contribution in [0.1, 0.15) is 33.6 Å². The first kappa shape index (κ1) is 20.6. The van der Waals surface area contributed by atoms with Gasteiger partial charge in [0, 0.05) is 24.8 Å². The first-order chi connectivity index (χ1) is 13.7. The molecule has 1 aliphatic rings. The molecule has 1 aromatic carbocycles. The molecule has 29 heavy (non-hydrogen) atoms. The van der Waals surface area contributed by atoms with Crippen molar-refractivity contribution in [1.82, 2.24) is 14.9 Å². The zero-order valence-electron chi connectivity index (χ0n) is 16.9. The van der Waals surface area contributed by atoms with Crippen LogP contribution < -0.4 is 16.4 Å². The molecule has 0 unspecified atom stereocenters. The Kier molecular flexibility index (Phi) is 6.05. The summed E-state index contributed by atoms with van der Waals surface area (Å²) in [7, 11) is 0. The first-order valence-corrected chi connectivity index (χ1v) is 9.59. The third kappa shape index (κ3) is 5.94. The number of nitrogens with zero attached hydrogens (tertiary/aromatic N) is 3. The number of hydrogen-bond acceptors (Lipinski definition) is 7. The lowest BCUT2D eigenvalue weighted by atomic mass is 10.1. The van der Waals surface area contributed by atoms with Crippen molar-refractivity contribution in [2.24, 2.45) is 0 Å². The number of carbonyl (C=O) groups is 1. The third-order valence-electron chi connectivity index (χ3n) is 4.40. The molecular formula is C20H27FN6O2. The van der Waals surface area contributed by atoms with Crippen LogP contribution in [0.5, 0.6) is 0 Å². The quantitative estimate of drug-likeness (QED) is 0.715. The molecule has 0 aliphatic carbocycles. The van der Waals surface area contributed by atoms with Gasteiger partial charge in [-0.3, -0.25) is 0 Å². The van der Waals surface area contributed by atoms with E-state index in [1.54, 1.807) is 17.0 Å². The summed E-state index contributed by atoms with van der Waals surface area (Å²) in [6, 6.07) is 6.06. The zero-order valence-corrected chi connectivity index (χ0v) is 16.9. The second-order valence-electron chi connectivity index (χ2n) is 8.02. The molecule has 1 amide bonds. The van der Waals surface area contributed by atoms with Gasteiger partial charge < -0.3 is 26.0 Å². The van der Waals surface area contributed by atoms with Crippen LogP contribution in [0.4, 0.5) is 32.3 Å². The van der Waals surface area contributed by atoms with Crippen LogP contribution in [-0.4, -0.2) is 45.7 Å². The Labute approximate surface area is 169 Å². The maximum absolute atomic E-state index is 13.0. The fraction of sp³-hybridized carbons (Fsp3) is 0.450. The molecule has 1 aromatic heterocycles. The summed E-state index contributed by atoms with van der Waals surface area (Å²) in [5.41, 5.74) is 6.62. The molecule has 1 saturated heterocycles. The van der Waals surface area contributed by atoms with Gasteiger partial charge in [-0.15, -0.1) is 0 Å². The Bertz CT molecular complexity index is 845. The Balaban J connectivity index is 1.58. The molecule has 2 heterocycles. The van der Waals surface area contributed by atoms with Gasteiger partial charge in [0.05, 0.1) is 11.9 Å². The van der Waals surface area contributed by atoms with Crippen molar-refractivity contribution in [3.8, 4) is 0 Å². The molecular weight excluding hydrogens is 375 g/mol. The molecule has 2 aromatic rings. The standard InChI is InChI=1S/C20H27FN6O2/c1-20(2,3)29-19(28)27-10-8-15(9-11-27)24-17-16(22)12-23-18(26-17)25-14-6-4-13(21)5-7-14/h4-7,12,15H,8-11,22H2,1-3H3,(H2,23,24,25,26). The first-order valence-electron chi connectivity index (χ1n) is 9.59. The largest absolute Gasteiger partial charge is 0.444 e. The molecule has 1 aliphatic heterocycles. The number of carbonyl (C=O) groups excluding carboxylic acids is 1. The summed E-state index contributed by atoms with van der Waals surface area (Å²) in [4.78, 5) is 22.5. The molecule has 0 bridgehead atoms. The maximum atomic E-state index is 13.0. The average Bonchev–Trinajstić information content (AvgIpc) is 2.65. The number of halogens is 1. The number of rotatable bonds is 4. The van der Waals surface area contributed by atoms with E-state index in [4.69, 9.17) is 10.5 Å². The second kappa shape index (κ2) is 8.50. The zero-order chi connectivity index (χ0) is 21.0. The topological polar surface area (TPSA) is 105 Å². The Morgan fingerprint density at radius 1 is 1.24 bits per heavy atom. The monoisotopic (exact) mass is 402 g/mol. The highest BCUT2D eigenvalue weighted by atomic mass is 19.1. The van der Waals surface area contributed by atoms with Gasteiger partial charge in [0.15, 0.2) is 5.82 Å². The van der Waals surface area contributed by atoms with Gasteiger partial charge in [0.2, 0.25) is 5.95 Å². The summed E-state index contributed by atoms with van der Waals surface area (Å²) in [5, 5.41) is 6.36. The average molecular weight is 402 g/mol. The van der Waals surface area contributed by atoms with E-state index in [-0.39, 0.29) is 18.0 Å². The van der Waals surface area contributed by atoms with E-state index in [0.29, 0.717) is 36.2 Å². The summed E-state index contributed by atoms with van der Waals surface area (Å²) in [6.45, 7) is 6.76. The SMILES string of the molecule is CC(C)(C)OC(=O)N1CCC(Nc2nc(Nc3ccc(F)cc3)ncc2N)CC1. The minimum atomic E-state index is -0.504. The van der Waals surface area contributed by atoms with Crippen molar-refractivity contribution in [1.29, 1.82) is 0 Å². The smallest absolute Gasteiger partial charge is 0.410 e. The van der Waals surface area contributed by atoms with Crippen LogP contribution in [0, 0.1) is 5.82 Å². The summed E-state index contributed by atoms with van der Waals surface area (Å²) < 4.78 is 18.5. The van der Waals surface area contributed by atoms with Gasteiger partial charge >= 0.3 is 6.09 Å². The van der Waals surface area contributed by atoms with E-state index in [0.717, 1.165) is 12.8 Å². The van der Waals surface area contributed by atoms with Crippen LogP contribution in [-0.2, 0) is 4.74 Å². The normalized spacial score (nSPS) is 15.1. The molecule has 0 spiro atoms. The number of hydrogen-bond donors (Lipinski definition) is 3. The minimum Gasteiger partial charge on any atom is -0.444 e. The fourth-order valence-corrected chi connectivity index (χ4v) is 2.96. The van der Waals surface area contributed by atoms with Gasteiger partial charge in [0.25, 0.3) is 0 Å². The molecule has 156 valence electrons. The van der Waals surface area contributed by atoms with E-state index < -0.39 is 5.60 Å². The number of nitrogens with two attached hydrogens (primary N) is 1. The van der Waals surface area contributed by atoms with Gasteiger partial charge in [-0.05, 0) is 57.9 Å². The highest BCUT2D eigenvalue weighted by molar-refractivity contribution is 5.68. The third-order valence-corrected chi connectivity index (χ3v) is 4.40. The number of aromatic nitrogens is 2. The number of anilines is 4. The predicted molar refractivity (Wildman–Crippen MR) is 111 cm³/mol. The van der Waals surface area contributed by atoms with Crippen molar-refractivity contribution < 1.29 is 13.9 Å². The van der Waals surface area contributed by atoms with E-state index >= 15 is 0 Å². The lowest BCUT2D eigenvalue weighted by Crippen LogP contribution is -2.44. The molecule has 3 rings (SSSR count). The fourth-order valence-electron chi connectivity index (χ4n) is 2.96. The van der Waals surface area contributed by atoms with Crippen molar-refractivity contribution in [2.45, 2.75) is 45.3 Å². The Hall–Kier alpha value is -3.10. The predicted octanol–water partition coefficient (Wildman–Crippen LogP) is 3.75. The van der Waals surface area contributed by atoms with Gasteiger partial charge in [0.1, 0.15) is 11.4 Å². The second-order valence-corrected chi connectivity index (χ2v) is 8.02. The van der Waals surface area contributed by atoms with Gasteiger partial charge in [-0.2, -0.15) is 4.98 Å². The van der Waals surface area contributed by atoms with Gasteiger partial charge in [-0.1, -0.05) is 0 Å². The van der Waals surface area contributed by atoms with E-state index in [1.165, 1.54) is 18.3 Å². The summed E-state index contributed by atoms with van der Waals surface area (Å²) in [5.74, 6) is 0.577. The molecule has 4 N–H and O–H groups in total. The molecule has 0 atom stereocenters. The van der Waals surface area contributed by atoms with Crippen molar-refractivity contribution in [3.05, 3.63) is 36.3 Å². The molecule has 0 saturated carbocycles. The number of amides is 1. The van der Waals surface area contributed by atoms with Crippen LogP contribution in [0.15, 0.2) is 30.5 Å². The van der Waals surface area contributed by atoms with Gasteiger partial charge in [-0.25, -0.2) is 14.2 Å². The van der Waals surface area contributed by atoms with Crippen LogP contribution in [0.2, 0.25) is 0 Å². The van der Waals surface area contributed by atoms with Crippen molar-refractivity contribution in [3.63, 3.8) is 0 Å². The number of benzene rings is 1. The molecule has 1 fully saturated rings. The maximum Gasteiger partial charge on any atom is 0.410 e. The van der Waals surface area contributed by atoms with Crippen molar-refractivity contribution >= 4 is 29.2 Å². The number of ether oxygens (including phenoxy) is 1. The lowest BCUT2D eigenvalue weighted by Gasteiger charge is -2.34. The number of nitrogen functional groups attached to an aromatic ring is 1. The van der Waals surface area contributed by atoms with Crippen LogP contribution >= 0.6 is 0 Å². The van der Waals surface area contributed by atoms with E-state index in [9.17, 15) is 9.18 Å². The van der Waals surface area contributed by atoms with Crippen molar-refractivity contribution in [2.75, 3.05) is 29.5 Å². The minimum absolute atomic E-state index is 0.129. The molecule has 8 nitrogen and oxygen atoms in total. The van der Waals surface area contributed by atoms with E-state index in [1.807, 2.05) is 20.8 Å². The Morgan fingerprint density at radius 3 is 2.52 bits per heavy atom.